The number of rotatable bonds is 0. The van der Waals surface area contributed by atoms with Gasteiger partial charge in [-0.25, -0.2) is 4.79 Å². The maximum Gasteiger partial charge on any atom is 0.322 e. The largest absolute Gasteiger partial charge is 0.323 e. The number of aliphatic imine (C=N–C) groups is 1. The third-order valence-electron chi connectivity index (χ3n) is 1.68. The van der Waals surface area contributed by atoms with Crippen LogP contribution in [0.3, 0.4) is 0 Å². The molecule has 5 nitrogen and oxygen atoms in total. The lowest BCUT2D eigenvalue weighted by Crippen LogP contribution is -2.57. The number of carbonyl (C=O) groups excluding carboxylic acids is 2. The molecule has 0 radical (unpaired) electrons. The first-order chi connectivity index (χ1) is 5.66. The summed E-state index contributed by atoms with van der Waals surface area (Å²) >= 11 is 1.41. The summed E-state index contributed by atoms with van der Waals surface area (Å²) in [5, 5.41) is 5.41. The van der Waals surface area contributed by atoms with E-state index in [1.807, 2.05) is 6.92 Å². The van der Waals surface area contributed by atoms with E-state index in [0.717, 1.165) is 5.04 Å². The summed E-state index contributed by atoms with van der Waals surface area (Å²) in [6.45, 7) is 1.82. The fraction of sp³-hybridized carbons (Fsp3) is 0.500. The molecule has 2 atom stereocenters. The summed E-state index contributed by atoms with van der Waals surface area (Å²) in [4.78, 5) is 26.0. The number of amides is 3. The lowest BCUT2D eigenvalue weighted by atomic mass is 10.2. The highest BCUT2D eigenvalue weighted by molar-refractivity contribution is 8.14. The first-order valence-corrected chi connectivity index (χ1v) is 4.37. The Morgan fingerprint density at radius 3 is 3.00 bits per heavy atom. The number of urea groups is 1. The number of fused-ring (bicyclic) bond motifs is 1. The van der Waals surface area contributed by atoms with E-state index < -0.39 is 12.1 Å². The van der Waals surface area contributed by atoms with Gasteiger partial charge in [-0.2, -0.15) is 0 Å². The highest BCUT2D eigenvalue weighted by Crippen LogP contribution is 2.26. The van der Waals surface area contributed by atoms with Gasteiger partial charge in [-0.3, -0.25) is 15.1 Å². The van der Waals surface area contributed by atoms with Crippen molar-refractivity contribution < 1.29 is 9.59 Å². The van der Waals surface area contributed by atoms with E-state index in [0.29, 0.717) is 0 Å². The first kappa shape index (κ1) is 7.60. The monoisotopic (exact) mass is 185 g/mol. The molecule has 6 heteroatoms. The fourth-order valence-electron chi connectivity index (χ4n) is 1.20. The molecular formula is C6H7N3O2S. The first-order valence-electron chi connectivity index (χ1n) is 3.49. The highest BCUT2D eigenvalue weighted by Gasteiger charge is 2.39. The van der Waals surface area contributed by atoms with Gasteiger partial charge in [-0.1, -0.05) is 11.8 Å². The number of hydrogen-bond acceptors (Lipinski definition) is 4. The molecule has 2 aliphatic heterocycles. The van der Waals surface area contributed by atoms with E-state index in [1.54, 1.807) is 0 Å². The normalized spacial score (nSPS) is 33.6. The molecule has 12 heavy (non-hydrogen) atoms. The molecular weight excluding hydrogens is 178 g/mol. The average Bonchev–Trinajstić information content (AvgIpc) is 2.29. The molecule has 3 amide bonds. The minimum atomic E-state index is -0.437. The van der Waals surface area contributed by atoms with E-state index >= 15 is 0 Å². The van der Waals surface area contributed by atoms with Gasteiger partial charge in [0.05, 0.1) is 5.04 Å². The van der Waals surface area contributed by atoms with Gasteiger partial charge in [0.2, 0.25) is 0 Å². The maximum atomic E-state index is 11.1. The molecule has 0 aromatic heterocycles. The van der Waals surface area contributed by atoms with Crippen molar-refractivity contribution in [1.82, 2.24) is 10.6 Å². The fourth-order valence-corrected chi connectivity index (χ4v) is 2.22. The van der Waals surface area contributed by atoms with Gasteiger partial charge < -0.3 is 5.32 Å². The van der Waals surface area contributed by atoms with Crippen LogP contribution in [0.15, 0.2) is 4.99 Å². The highest BCUT2D eigenvalue weighted by atomic mass is 32.2. The molecule has 0 spiro atoms. The molecule has 0 bridgehead atoms. The van der Waals surface area contributed by atoms with E-state index in [1.165, 1.54) is 11.8 Å². The summed E-state index contributed by atoms with van der Waals surface area (Å²) in [5.74, 6) is -0.312. The Bertz CT molecular complexity index is 289. The molecule has 64 valence electrons. The Balaban J connectivity index is 2.22. The van der Waals surface area contributed by atoms with Gasteiger partial charge >= 0.3 is 6.03 Å². The van der Waals surface area contributed by atoms with Crippen molar-refractivity contribution in [3.63, 3.8) is 0 Å². The summed E-state index contributed by atoms with van der Waals surface area (Å²) in [7, 11) is 0. The molecule has 2 unspecified atom stereocenters. The second-order valence-electron chi connectivity index (χ2n) is 2.59. The number of nitrogens with zero attached hydrogens (tertiary/aromatic N) is 1. The predicted octanol–water partition coefficient (Wildman–Crippen LogP) is -0.314. The van der Waals surface area contributed by atoms with Gasteiger partial charge in [0.25, 0.3) is 5.91 Å². The minimum Gasteiger partial charge on any atom is -0.323 e. The van der Waals surface area contributed by atoms with Crippen LogP contribution in [-0.2, 0) is 4.79 Å². The molecule has 0 aromatic rings. The van der Waals surface area contributed by atoms with Crippen LogP contribution >= 0.6 is 11.8 Å². The Kier molecular flexibility index (Phi) is 1.57. The molecule has 2 heterocycles. The lowest BCUT2D eigenvalue weighted by Gasteiger charge is -2.22. The van der Waals surface area contributed by atoms with Gasteiger partial charge in [-0.15, -0.1) is 0 Å². The topological polar surface area (TPSA) is 70.6 Å². The zero-order valence-corrected chi connectivity index (χ0v) is 7.14. The zero-order chi connectivity index (χ0) is 8.72. The summed E-state index contributed by atoms with van der Waals surface area (Å²) in [6.07, 6.45) is 0. The van der Waals surface area contributed by atoms with Gasteiger partial charge in [0, 0.05) is 0 Å². The Hall–Kier alpha value is -1.04. The summed E-state index contributed by atoms with van der Waals surface area (Å²) < 4.78 is 0. The molecule has 2 rings (SSSR count). The zero-order valence-electron chi connectivity index (χ0n) is 6.33. The van der Waals surface area contributed by atoms with Crippen LogP contribution < -0.4 is 10.6 Å². The lowest BCUT2D eigenvalue weighted by molar-refractivity contribution is -0.121. The van der Waals surface area contributed by atoms with Crippen LogP contribution in [-0.4, -0.2) is 28.4 Å². The number of nitrogens with one attached hydrogen (secondary N) is 2. The standard InChI is InChI=1S/C6H7N3O2S/c1-2-7-3-4(10)8-6(11)9-5(3)12-2/h3,5H,1H3,(H2,8,9,10,11). The predicted molar refractivity (Wildman–Crippen MR) is 45.0 cm³/mol. The van der Waals surface area contributed by atoms with Crippen LogP contribution in [0.2, 0.25) is 0 Å². The SMILES string of the molecule is CC1=NC2C(=O)NC(=O)NC2S1. The van der Waals surface area contributed by atoms with Crippen molar-refractivity contribution in [1.29, 1.82) is 0 Å². The second kappa shape index (κ2) is 2.48. The molecule has 0 saturated carbocycles. The Morgan fingerprint density at radius 1 is 1.50 bits per heavy atom. The van der Waals surface area contributed by atoms with Crippen molar-refractivity contribution in [3.05, 3.63) is 0 Å². The third-order valence-corrected chi connectivity index (χ3v) is 2.76. The third kappa shape index (κ3) is 1.08. The van der Waals surface area contributed by atoms with Gasteiger partial charge in [-0.05, 0) is 6.92 Å². The van der Waals surface area contributed by atoms with E-state index in [4.69, 9.17) is 0 Å². The van der Waals surface area contributed by atoms with Crippen LogP contribution in [0.5, 0.6) is 0 Å². The van der Waals surface area contributed by atoms with Gasteiger partial charge in [0.1, 0.15) is 5.37 Å². The summed E-state index contributed by atoms with van der Waals surface area (Å²) in [5.41, 5.74) is 0. The van der Waals surface area contributed by atoms with E-state index in [2.05, 4.69) is 15.6 Å². The molecule has 0 aromatic carbocycles. The molecule has 2 aliphatic rings. The van der Waals surface area contributed by atoms with Crippen molar-refractivity contribution >= 4 is 28.7 Å². The smallest absolute Gasteiger partial charge is 0.322 e. The van der Waals surface area contributed by atoms with Crippen LogP contribution in [0, 0.1) is 0 Å². The molecule has 1 fully saturated rings. The molecule has 2 N–H and O–H groups in total. The van der Waals surface area contributed by atoms with E-state index in [9.17, 15) is 9.59 Å². The van der Waals surface area contributed by atoms with Gasteiger partial charge in [0.15, 0.2) is 6.04 Å². The molecule has 0 aliphatic carbocycles. The number of carbonyl (C=O) groups is 2. The molecule has 1 saturated heterocycles. The summed E-state index contributed by atoms with van der Waals surface area (Å²) in [6, 6.07) is -0.869. The Morgan fingerprint density at radius 2 is 2.25 bits per heavy atom. The van der Waals surface area contributed by atoms with Crippen molar-refractivity contribution in [2.75, 3.05) is 0 Å². The van der Waals surface area contributed by atoms with E-state index in [-0.39, 0.29) is 11.3 Å². The van der Waals surface area contributed by atoms with Crippen LogP contribution in [0.4, 0.5) is 4.79 Å². The average molecular weight is 185 g/mol. The van der Waals surface area contributed by atoms with Crippen molar-refractivity contribution in [2.45, 2.75) is 18.3 Å². The second-order valence-corrected chi connectivity index (χ2v) is 3.93. The Labute approximate surface area is 73.0 Å². The minimum absolute atomic E-state index is 0.203. The van der Waals surface area contributed by atoms with Crippen molar-refractivity contribution in [2.24, 2.45) is 4.99 Å². The number of imide groups is 1. The quantitative estimate of drug-likeness (QED) is 0.543. The van der Waals surface area contributed by atoms with Crippen LogP contribution in [0.1, 0.15) is 6.92 Å². The maximum absolute atomic E-state index is 11.1. The number of thioether (sulfide) groups is 1. The van der Waals surface area contributed by atoms with Crippen molar-refractivity contribution in [3.8, 4) is 0 Å². The number of hydrogen-bond donors (Lipinski definition) is 2. The van der Waals surface area contributed by atoms with Crippen LogP contribution in [0.25, 0.3) is 0 Å².